The van der Waals surface area contributed by atoms with E-state index in [9.17, 15) is 13.2 Å². The summed E-state index contributed by atoms with van der Waals surface area (Å²) in [4.78, 5) is 20.6. The summed E-state index contributed by atoms with van der Waals surface area (Å²) in [5.74, 6) is 0.0784. The molecule has 6 heteroatoms. The topological polar surface area (TPSA) is 67.3 Å². The number of ketones is 1. The Morgan fingerprint density at radius 2 is 1.67 bits per heavy atom. The van der Waals surface area contributed by atoms with Crippen LogP contribution < -0.4 is 0 Å². The molecule has 0 aliphatic carbocycles. The Bertz CT molecular complexity index is 1270. The van der Waals surface area contributed by atoms with Gasteiger partial charge in [0.1, 0.15) is 0 Å². The molecule has 1 unspecified atom stereocenters. The van der Waals surface area contributed by atoms with E-state index in [1.807, 2.05) is 68.5 Å². The average Bonchev–Trinajstić information content (AvgIpc) is 2.78. The van der Waals surface area contributed by atoms with Gasteiger partial charge in [-0.05, 0) is 41.5 Å². The van der Waals surface area contributed by atoms with E-state index in [4.69, 9.17) is 0 Å². The highest BCUT2D eigenvalue weighted by Crippen LogP contribution is 2.42. The molecule has 1 aliphatic rings. The first kappa shape index (κ1) is 23.1. The molecule has 2 aromatic carbocycles. The molecule has 0 spiro atoms. The Morgan fingerprint density at radius 1 is 1.00 bits per heavy atom. The summed E-state index contributed by atoms with van der Waals surface area (Å²) in [6.45, 7) is 5.19. The van der Waals surface area contributed by atoms with Crippen molar-refractivity contribution in [2.45, 2.75) is 31.3 Å². The van der Waals surface area contributed by atoms with Crippen LogP contribution in [0.2, 0.25) is 0 Å². The molecule has 0 bridgehead atoms. The van der Waals surface area contributed by atoms with Gasteiger partial charge in [0, 0.05) is 36.5 Å². The molecule has 33 heavy (non-hydrogen) atoms. The average molecular weight is 461 g/mol. The first-order valence-electron chi connectivity index (χ1n) is 10.9. The van der Waals surface area contributed by atoms with Gasteiger partial charge in [0.2, 0.25) is 0 Å². The first-order valence-corrected chi connectivity index (χ1v) is 12.8. The Labute approximate surface area is 195 Å². The van der Waals surface area contributed by atoms with Gasteiger partial charge in [0.15, 0.2) is 15.6 Å². The van der Waals surface area contributed by atoms with E-state index >= 15 is 0 Å². The van der Waals surface area contributed by atoms with Crippen molar-refractivity contribution in [3.05, 3.63) is 101 Å². The Morgan fingerprint density at radius 3 is 2.27 bits per heavy atom. The van der Waals surface area contributed by atoms with Crippen molar-refractivity contribution >= 4 is 21.7 Å². The minimum absolute atomic E-state index is 0.0784. The van der Waals surface area contributed by atoms with Crippen LogP contribution in [0.5, 0.6) is 0 Å². The van der Waals surface area contributed by atoms with Crippen LogP contribution in [0.15, 0.2) is 89.5 Å². The molecular weight excluding hydrogens is 432 g/mol. The van der Waals surface area contributed by atoms with Crippen LogP contribution in [0.1, 0.15) is 36.7 Å². The van der Waals surface area contributed by atoms with Crippen molar-refractivity contribution in [1.29, 1.82) is 0 Å². The Kier molecular flexibility index (Phi) is 6.32. The largest absolute Gasteiger partial charge is 0.294 e. The molecule has 1 saturated heterocycles. The number of carbonyl (C=O) groups excluding carboxylic acids is 1. The third-order valence-corrected chi connectivity index (χ3v) is 7.11. The zero-order valence-corrected chi connectivity index (χ0v) is 19.9. The lowest BCUT2D eigenvalue weighted by Crippen LogP contribution is -2.49. The molecule has 2 heterocycles. The fraction of sp³-hybridized carbons (Fsp3) is 0.259. The summed E-state index contributed by atoms with van der Waals surface area (Å²) >= 11 is 0. The van der Waals surface area contributed by atoms with Crippen molar-refractivity contribution in [2.75, 3.05) is 12.8 Å². The minimum atomic E-state index is -3.31. The van der Waals surface area contributed by atoms with Crippen molar-refractivity contribution in [1.82, 2.24) is 9.88 Å². The second-order valence-electron chi connectivity index (χ2n) is 9.20. The van der Waals surface area contributed by atoms with Crippen molar-refractivity contribution < 1.29 is 13.2 Å². The van der Waals surface area contributed by atoms with E-state index < -0.39 is 15.3 Å². The monoisotopic (exact) mass is 460 g/mol. The standard InChI is InChI=1S/C27H28N2O3S/c1-27(2)19-29(18-20-9-5-4-6-10-20)25(21-12-14-23(15-13-21)33(3,31)32)24(26(27)30)17-22-11-7-8-16-28-22/h4-17,25H,18-19H2,1-3H3. The van der Waals surface area contributed by atoms with Crippen molar-refractivity contribution in [3.8, 4) is 0 Å². The number of piperidine rings is 1. The molecule has 3 aromatic rings. The summed E-state index contributed by atoms with van der Waals surface area (Å²) in [5.41, 5.74) is 2.84. The number of carbonyl (C=O) groups is 1. The van der Waals surface area contributed by atoms with Crippen LogP contribution >= 0.6 is 0 Å². The minimum Gasteiger partial charge on any atom is -0.294 e. The zero-order valence-electron chi connectivity index (χ0n) is 19.1. The molecule has 0 radical (unpaired) electrons. The van der Waals surface area contributed by atoms with Crippen LogP contribution in [-0.4, -0.2) is 36.9 Å². The summed E-state index contributed by atoms with van der Waals surface area (Å²) in [5, 5.41) is 0. The second-order valence-corrected chi connectivity index (χ2v) is 11.2. The number of hydrogen-bond acceptors (Lipinski definition) is 5. The predicted molar refractivity (Wildman–Crippen MR) is 130 cm³/mol. The maximum atomic E-state index is 13.6. The van der Waals surface area contributed by atoms with Crippen molar-refractivity contribution in [2.24, 2.45) is 5.41 Å². The summed E-state index contributed by atoms with van der Waals surface area (Å²) in [7, 11) is -3.31. The normalized spacial score (nSPS) is 20.2. The SMILES string of the molecule is CC1(C)CN(Cc2ccccc2)C(c2ccc(S(C)(=O)=O)cc2)C(=Cc2ccccn2)C1=O. The highest BCUT2D eigenvalue weighted by atomic mass is 32.2. The molecular formula is C27H28N2O3S. The molecule has 1 fully saturated rings. The highest BCUT2D eigenvalue weighted by Gasteiger charge is 2.44. The molecule has 1 atom stereocenters. The third-order valence-electron chi connectivity index (χ3n) is 5.98. The van der Waals surface area contributed by atoms with E-state index in [2.05, 4.69) is 22.0 Å². The number of pyridine rings is 1. The number of aromatic nitrogens is 1. The van der Waals surface area contributed by atoms with Gasteiger partial charge in [-0.3, -0.25) is 14.7 Å². The lowest BCUT2D eigenvalue weighted by Gasteiger charge is -2.44. The fourth-order valence-electron chi connectivity index (χ4n) is 4.40. The maximum Gasteiger partial charge on any atom is 0.175 e. The van der Waals surface area contributed by atoms with Gasteiger partial charge in [-0.25, -0.2) is 8.42 Å². The van der Waals surface area contributed by atoms with Crippen LogP contribution in [0.25, 0.3) is 6.08 Å². The number of Topliss-reactive ketones (excluding diaryl/α,β-unsaturated/α-hetero) is 1. The van der Waals surface area contributed by atoms with Crippen LogP contribution in [0.4, 0.5) is 0 Å². The van der Waals surface area contributed by atoms with E-state index in [1.54, 1.807) is 18.3 Å². The van der Waals surface area contributed by atoms with Gasteiger partial charge in [-0.2, -0.15) is 0 Å². The Balaban J connectivity index is 1.85. The quantitative estimate of drug-likeness (QED) is 0.516. The molecule has 4 rings (SSSR count). The number of rotatable bonds is 5. The van der Waals surface area contributed by atoms with E-state index in [0.29, 0.717) is 18.7 Å². The second kappa shape index (κ2) is 9.04. The number of sulfone groups is 1. The zero-order chi connectivity index (χ0) is 23.6. The van der Waals surface area contributed by atoms with Gasteiger partial charge < -0.3 is 0 Å². The molecule has 1 aromatic heterocycles. The molecule has 170 valence electrons. The van der Waals surface area contributed by atoms with E-state index in [0.717, 1.165) is 16.8 Å². The third kappa shape index (κ3) is 5.13. The summed E-state index contributed by atoms with van der Waals surface area (Å²) in [6.07, 6.45) is 4.78. The number of benzene rings is 2. The van der Waals surface area contributed by atoms with Crippen LogP contribution in [0, 0.1) is 5.41 Å². The van der Waals surface area contributed by atoms with E-state index in [1.165, 1.54) is 6.26 Å². The van der Waals surface area contributed by atoms with Crippen LogP contribution in [-0.2, 0) is 21.2 Å². The number of hydrogen-bond donors (Lipinski definition) is 0. The van der Waals surface area contributed by atoms with Gasteiger partial charge in [-0.15, -0.1) is 0 Å². The van der Waals surface area contributed by atoms with E-state index in [-0.39, 0.29) is 16.7 Å². The Hall–Kier alpha value is -3.09. The lowest BCUT2D eigenvalue weighted by molar-refractivity contribution is -0.128. The number of likely N-dealkylation sites (tertiary alicyclic amines) is 1. The van der Waals surface area contributed by atoms with Crippen LogP contribution in [0.3, 0.4) is 0 Å². The number of nitrogens with zero attached hydrogens (tertiary/aromatic N) is 2. The molecule has 5 nitrogen and oxygen atoms in total. The smallest absolute Gasteiger partial charge is 0.175 e. The molecule has 1 aliphatic heterocycles. The molecule has 0 saturated carbocycles. The summed E-state index contributed by atoms with van der Waals surface area (Å²) < 4.78 is 24.0. The predicted octanol–water partition coefficient (Wildman–Crippen LogP) is 4.72. The summed E-state index contributed by atoms with van der Waals surface area (Å²) in [6, 6.07) is 22.3. The van der Waals surface area contributed by atoms with Gasteiger partial charge >= 0.3 is 0 Å². The van der Waals surface area contributed by atoms with Crippen molar-refractivity contribution in [3.63, 3.8) is 0 Å². The fourth-order valence-corrected chi connectivity index (χ4v) is 5.03. The molecule has 0 N–H and O–H groups in total. The van der Waals surface area contributed by atoms with Gasteiger partial charge in [0.05, 0.1) is 16.6 Å². The first-order chi connectivity index (χ1) is 15.6. The lowest BCUT2D eigenvalue weighted by atomic mass is 9.74. The highest BCUT2D eigenvalue weighted by molar-refractivity contribution is 7.90. The molecule has 0 amide bonds. The van der Waals surface area contributed by atoms with Gasteiger partial charge in [-0.1, -0.05) is 62.4 Å². The maximum absolute atomic E-state index is 13.6. The van der Waals surface area contributed by atoms with Gasteiger partial charge in [0.25, 0.3) is 0 Å².